The van der Waals surface area contributed by atoms with Crippen LogP contribution in [-0.4, -0.2) is 37.0 Å². The van der Waals surface area contributed by atoms with Crippen LogP contribution in [0.25, 0.3) is 0 Å². The van der Waals surface area contributed by atoms with Gasteiger partial charge in [-0.25, -0.2) is 4.99 Å². The summed E-state index contributed by atoms with van der Waals surface area (Å²) in [4.78, 5) is 28.7. The molecule has 0 aromatic heterocycles. The van der Waals surface area contributed by atoms with Crippen molar-refractivity contribution >= 4 is 29.1 Å². The molecule has 0 unspecified atom stereocenters. The van der Waals surface area contributed by atoms with Crippen LogP contribution in [0.1, 0.15) is 35.7 Å². The molecule has 7 heteroatoms. The number of nitrogens with zero attached hydrogens (tertiary/aromatic N) is 1. The van der Waals surface area contributed by atoms with Gasteiger partial charge >= 0.3 is 0 Å². The lowest BCUT2D eigenvalue weighted by molar-refractivity contribution is -0.114. The van der Waals surface area contributed by atoms with Gasteiger partial charge in [-0.3, -0.25) is 14.9 Å². The lowest BCUT2D eigenvalue weighted by Gasteiger charge is -2.14. The number of amides is 2. The number of guanidine groups is 1. The van der Waals surface area contributed by atoms with Gasteiger partial charge in [-0.05, 0) is 49.6 Å². The van der Waals surface area contributed by atoms with E-state index in [0.29, 0.717) is 23.8 Å². The highest BCUT2D eigenvalue weighted by Crippen LogP contribution is 2.17. The van der Waals surface area contributed by atoms with E-state index in [0.717, 1.165) is 30.7 Å². The van der Waals surface area contributed by atoms with Gasteiger partial charge in [0.15, 0.2) is 0 Å². The molecule has 0 spiro atoms. The average molecular weight is 394 g/mol. The Kier molecular flexibility index (Phi) is 6.97. The van der Waals surface area contributed by atoms with Crippen molar-refractivity contribution in [2.24, 2.45) is 4.99 Å². The second-order valence-corrected chi connectivity index (χ2v) is 6.98. The highest BCUT2D eigenvalue weighted by atomic mass is 16.5. The van der Waals surface area contributed by atoms with Crippen LogP contribution in [-0.2, 0) is 9.53 Å². The Balaban J connectivity index is 1.76. The smallest absolute Gasteiger partial charge is 0.258 e. The summed E-state index contributed by atoms with van der Waals surface area (Å²) in [6.07, 6.45) is 2.07. The largest absolute Gasteiger partial charge is 0.376 e. The Labute approximate surface area is 170 Å². The fourth-order valence-electron chi connectivity index (χ4n) is 3.02. The minimum absolute atomic E-state index is 0.0743. The molecule has 2 amide bonds. The number of hydrogen-bond donors (Lipinski definition) is 3. The maximum absolute atomic E-state index is 12.8. The van der Waals surface area contributed by atoms with E-state index in [2.05, 4.69) is 20.9 Å². The predicted molar refractivity (Wildman–Crippen MR) is 114 cm³/mol. The van der Waals surface area contributed by atoms with Crippen molar-refractivity contribution < 1.29 is 14.3 Å². The van der Waals surface area contributed by atoms with Crippen LogP contribution in [0.4, 0.5) is 11.4 Å². The van der Waals surface area contributed by atoms with Gasteiger partial charge in [-0.2, -0.15) is 0 Å². The quantitative estimate of drug-likeness (QED) is 0.536. The van der Waals surface area contributed by atoms with Crippen LogP contribution in [0.2, 0.25) is 0 Å². The van der Waals surface area contributed by atoms with E-state index in [4.69, 9.17) is 4.74 Å². The maximum Gasteiger partial charge on any atom is 0.258 e. The topological polar surface area (TPSA) is 91.8 Å². The standard InChI is InChI=1S/C22H26N4O3/c1-15-10-11-17(13-20(15)24-16(2)27)21(28)26-22(23-14-19-9-6-12-29-19)25-18-7-4-3-5-8-18/h3-5,7-8,10-11,13,19H,6,9,12,14H2,1-2H3,(H,24,27)(H2,23,25,26,28)/t19-/m1/s1. The Morgan fingerprint density at radius 3 is 2.62 bits per heavy atom. The number of hydrogen-bond acceptors (Lipinski definition) is 4. The zero-order valence-electron chi connectivity index (χ0n) is 16.7. The van der Waals surface area contributed by atoms with Crippen molar-refractivity contribution in [3.63, 3.8) is 0 Å². The highest BCUT2D eigenvalue weighted by molar-refractivity contribution is 6.10. The lowest BCUT2D eigenvalue weighted by atomic mass is 10.1. The molecule has 1 saturated heterocycles. The number of aliphatic imine (C=N–C) groups is 1. The molecule has 3 rings (SSSR count). The summed E-state index contributed by atoms with van der Waals surface area (Å²) in [7, 11) is 0. The van der Waals surface area contributed by atoms with E-state index in [1.165, 1.54) is 6.92 Å². The molecule has 1 fully saturated rings. The fourth-order valence-corrected chi connectivity index (χ4v) is 3.02. The normalized spacial score (nSPS) is 16.3. The summed E-state index contributed by atoms with van der Waals surface area (Å²) in [6, 6.07) is 14.7. The van der Waals surface area contributed by atoms with Gasteiger partial charge in [0.25, 0.3) is 5.91 Å². The fraction of sp³-hybridized carbons (Fsp3) is 0.318. The third kappa shape index (κ3) is 6.15. The third-order valence-electron chi connectivity index (χ3n) is 4.56. The molecule has 0 saturated carbocycles. The Bertz CT molecular complexity index is 890. The van der Waals surface area contributed by atoms with Crippen molar-refractivity contribution in [1.82, 2.24) is 5.32 Å². The number of aryl methyl sites for hydroxylation is 1. The van der Waals surface area contributed by atoms with E-state index in [1.54, 1.807) is 18.2 Å². The monoisotopic (exact) mass is 394 g/mol. The number of anilines is 2. The van der Waals surface area contributed by atoms with Crippen LogP contribution < -0.4 is 16.0 Å². The number of carbonyl (C=O) groups is 2. The third-order valence-corrected chi connectivity index (χ3v) is 4.56. The molecule has 1 atom stereocenters. The molecule has 1 aliphatic rings. The average Bonchev–Trinajstić information content (AvgIpc) is 3.22. The van der Waals surface area contributed by atoms with Gasteiger partial charge in [-0.15, -0.1) is 0 Å². The highest BCUT2D eigenvalue weighted by Gasteiger charge is 2.16. The molecule has 2 aromatic rings. The van der Waals surface area contributed by atoms with Crippen LogP contribution in [0.3, 0.4) is 0 Å². The number of rotatable bonds is 5. The lowest BCUT2D eigenvalue weighted by Crippen LogP contribution is -2.36. The number of carbonyl (C=O) groups excluding carboxylic acids is 2. The molecular weight excluding hydrogens is 368 g/mol. The Morgan fingerprint density at radius 1 is 1.14 bits per heavy atom. The van der Waals surface area contributed by atoms with Crippen LogP contribution in [0.15, 0.2) is 53.5 Å². The van der Waals surface area contributed by atoms with Gasteiger partial charge < -0.3 is 15.4 Å². The van der Waals surface area contributed by atoms with Gasteiger partial charge in [-0.1, -0.05) is 24.3 Å². The number of para-hydroxylation sites is 1. The van der Waals surface area contributed by atoms with Gasteiger partial charge in [0.1, 0.15) is 0 Å². The summed E-state index contributed by atoms with van der Waals surface area (Å²) >= 11 is 0. The van der Waals surface area contributed by atoms with Crippen molar-refractivity contribution in [2.45, 2.75) is 32.8 Å². The zero-order chi connectivity index (χ0) is 20.6. The van der Waals surface area contributed by atoms with E-state index in [1.807, 2.05) is 37.3 Å². The first-order valence-electron chi connectivity index (χ1n) is 9.69. The molecule has 2 aromatic carbocycles. The van der Waals surface area contributed by atoms with Crippen molar-refractivity contribution in [3.05, 3.63) is 59.7 Å². The second-order valence-electron chi connectivity index (χ2n) is 6.98. The number of nitrogens with one attached hydrogen (secondary N) is 3. The molecule has 3 N–H and O–H groups in total. The van der Waals surface area contributed by atoms with Crippen LogP contribution in [0, 0.1) is 6.92 Å². The molecule has 0 radical (unpaired) electrons. The second kappa shape index (κ2) is 9.84. The minimum Gasteiger partial charge on any atom is -0.376 e. The van der Waals surface area contributed by atoms with Crippen LogP contribution >= 0.6 is 0 Å². The van der Waals surface area contributed by atoms with Crippen LogP contribution in [0.5, 0.6) is 0 Å². The first-order chi connectivity index (χ1) is 14.0. The summed E-state index contributed by atoms with van der Waals surface area (Å²) in [5, 5.41) is 8.73. The Morgan fingerprint density at radius 2 is 1.93 bits per heavy atom. The maximum atomic E-state index is 12.8. The Hall–Kier alpha value is -3.19. The van der Waals surface area contributed by atoms with E-state index in [-0.39, 0.29) is 17.9 Å². The van der Waals surface area contributed by atoms with E-state index < -0.39 is 0 Å². The van der Waals surface area contributed by atoms with Gasteiger partial charge in [0.05, 0.1) is 12.6 Å². The molecule has 0 aliphatic carbocycles. The molecule has 1 aliphatic heterocycles. The minimum atomic E-state index is -0.314. The van der Waals surface area contributed by atoms with E-state index in [9.17, 15) is 9.59 Å². The summed E-state index contributed by atoms with van der Waals surface area (Å²) in [5.41, 5.74) is 2.74. The molecule has 7 nitrogen and oxygen atoms in total. The summed E-state index contributed by atoms with van der Waals surface area (Å²) in [6.45, 7) is 4.54. The number of ether oxygens (including phenoxy) is 1. The molecule has 0 bridgehead atoms. The van der Waals surface area contributed by atoms with E-state index >= 15 is 0 Å². The predicted octanol–water partition coefficient (Wildman–Crippen LogP) is 3.33. The van der Waals surface area contributed by atoms with Crippen molar-refractivity contribution in [3.8, 4) is 0 Å². The van der Waals surface area contributed by atoms with Crippen molar-refractivity contribution in [2.75, 3.05) is 23.8 Å². The molecule has 1 heterocycles. The zero-order valence-corrected chi connectivity index (χ0v) is 16.7. The summed E-state index contributed by atoms with van der Waals surface area (Å²) < 4.78 is 5.62. The van der Waals surface area contributed by atoms with Gasteiger partial charge in [0, 0.05) is 30.5 Å². The SMILES string of the molecule is CC(=O)Nc1cc(C(=O)NC(=NC[C@H]2CCCO2)Nc2ccccc2)ccc1C. The summed E-state index contributed by atoms with van der Waals surface area (Å²) in [5.74, 6) is -0.139. The van der Waals surface area contributed by atoms with Gasteiger partial charge in [0.2, 0.25) is 11.9 Å². The first kappa shape index (κ1) is 20.5. The van der Waals surface area contributed by atoms with Crippen molar-refractivity contribution in [1.29, 1.82) is 0 Å². The first-order valence-corrected chi connectivity index (χ1v) is 9.69. The molecule has 29 heavy (non-hydrogen) atoms. The molecule has 152 valence electrons. The number of benzene rings is 2. The molecular formula is C22H26N4O3.